The average Bonchev–Trinajstić information content (AvgIpc) is 3.46. The topological polar surface area (TPSA) is 123 Å². The van der Waals surface area contributed by atoms with E-state index in [1.54, 1.807) is 0 Å². The van der Waals surface area contributed by atoms with Crippen LogP contribution in [0.15, 0.2) is 30.5 Å². The van der Waals surface area contributed by atoms with Crippen LogP contribution in [0.4, 0.5) is 16.3 Å². The molecule has 4 N–H and O–H groups in total. The highest BCUT2D eigenvalue weighted by atomic mass is 16.5. The molecule has 4 heterocycles. The van der Waals surface area contributed by atoms with E-state index >= 15 is 0 Å². The molecule has 2 aliphatic heterocycles. The lowest BCUT2D eigenvalue weighted by Crippen LogP contribution is -2.43. The number of nitrogens with zero attached hydrogens (tertiary/aromatic N) is 5. The van der Waals surface area contributed by atoms with Crippen LogP contribution < -0.4 is 21.3 Å². The molecule has 2 amide bonds. The van der Waals surface area contributed by atoms with E-state index in [9.17, 15) is 4.79 Å². The SMILES string of the molecule is CCn1ncc2c(N3CC4CCC(C3)O4)nc(-c3ccc(NC(=O)N[C@H]4CC[C@H](N)CC4)cc3)nc21. The zero-order valence-corrected chi connectivity index (χ0v) is 20.7. The molecule has 1 aliphatic carbocycles. The van der Waals surface area contributed by atoms with Crippen molar-refractivity contribution in [2.24, 2.45) is 5.73 Å². The van der Waals surface area contributed by atoms with Gasteiger partial charge in [0.05, 0.1) is 23.8 Å². The van der Waals surface area contributed by atoms with E-state index in [1.165, 1.54) is 0 Å². The molecule has 6 rings (SSSR count). The molecule has 2 aromatic heterocycles. The van der Waals surface area contributed by atoms with E-state index in [4.69, 9.17) is 20.4 Å². The summed E-state index contributed by atoms with van der Waals surface area (Å²) >= 11 is 0. The van der Waals surface area contributed by atoms with Crippen molar-refractivity contribution in [2.75, 3.05) is 23.3 Å². The fourth-order valence-corrected chi connectivity index (χ4v) is 5.65. The Hall–Kier alpha value is -3.24. The van der Waals surface area contributed by atoms with Crippen LogP contribution in [0.2, 0.25) is 0 Å². The molecule has 10 heteroatoms. The Labute approximate surface area is 210 Å². The number of urea groups is 1. The molecule has 1 saturated carbocycles. The van der Waals surface area contributed by atoms with Gasteiger partial charge in [-0.3, -0.25) is 0 Å². The van der Waals surface area contributed by atoms with Crippen molar-refractivity contribution in [3.8, 4) is 11.4 Å². The maximum atomic E-state index is 12.5. The van der Waals surface area contributed by atoms with Crippen molar-refractivity contribution < 1.29 is 9.53 Å². The lowest BCUT2D eigenvalue weighted by atomic mass is 9.92. The number of amides is 2. The number of carbonyl (C=O) groups is 1. The van der Waals surface area contributed by atoms with Crippen LogP contribution in [0.1, 0.15) is 45.4 Å². The Morgan fingerprint density at radius 2 is 1.78 bits per heavy atom. The van der Waals surface area contributed by atoms with Crippen LogP contribution in [0.25, 0.3) is 22.4 Å². The van der Waals surface area contributed by atoms with Crippen molar-refractivity contribution in [2.45, 2.75) is 76.3 Å². The van der Waals surface area contributed by atoms with Crippen molar-refractivity contribution in [1.29, 1.82) is 0 Å². The molecule has 0 radical (unpaired) electrons. The molecule has 1 aromatic carbocycles. The molecule has 190 valence electrons. The predicted octanol–water partition coefficient (Wildman–Crippen LogP) is 3.27. The van der Waals surface area contributed by atoms with Gasteiger partial charge in [0.15, 0.2) is 11.5 Å². The van der Waals surface area contributed by atoms with Gasteiger partial charge in [-0.1, -0.05) is 0 Å². The van der Waals surface area contributed by atoms with Gasteiger partial charge in [-0.25, -0.2) is 19.4 Å². The number of aryl methyl sites for hydroxylation is 1. The summed E-state index contributed by atoms with van der Waals surface area (Å²) in [5.74, 6) is 1.57. The van der Waals surface area contributed by atoms with Crippen LogP contribution in [0, 0.1) is 0 Å². The van der Waals surface area contributed by atoms with Gasteiger partial charge < -0.3 is 26.0 Å². The summed E-state index contributed by atoms with van der Waals surface area (Å²) in [6, 6.07) is 7.95. The fraction of sp³-hybridized carbons (Fsp3) is 0.538. The molecular formula is C26H34N8O2. The van der Waals surface area contributed by atoms with Crippen molar-refractivity contribution >= 4 is 28.6 Å². The van der Waals surface area contributed by atoms with E-state index in [-0.39, 0.29) is 30.3 Å². The lowest BCUT2D eigenvalue weighted by molar-refractivity contribution is 0.0303. The zero-order chi connectivity index (χ0) is 24.6. The fourth-order valence-electron chi connectivity index (χ4n) is 5.65. The molecule has 10 nitrogen and oxygen atoms in total. The van der Waals surface area contributed by atoms with Gasteiger partial charge in [-0.2, -0.15) is 5.10 Å². The molecule has 3 fully saturated rings. The number of benzene rings is 1. The Kier molecular flexibility index (Phi) is 6.22. The number of morpholine rings is 1. The normalized spacial score (nSPS) is 25.8. The number of hydrogen-bond acceptors (Lipinski definition) is 7. The van der Waals surface area contributed by atoms with Crippen molar-refractivity contribution in [3.63, 3.8) is 0 Å². The number of ether oxygens (including phenoxy) is 1. The van der Waals surface area contributed by atoms with E-state index < -0.39 is 0 Å². The summed E-state index contributed by atoms with van der Waals surface area (Å²) in [4.78, 5) is 24.7. The molecule has 3 aromatic rings. The number of anilines is 2. The highest BCUT2D eigenvalue weighted by Crippen LogP contribution is 2.33. The number of nitrogens with one attached hydrogen (secondary N) is 2. The minimum Gasteiger partial charge on any atom is -0.371 e. The lowest BCUT2D eigenvalue weighted by Gasteiger charge is -2.33. The maximum absolute atomic E-state index is 12.5. The number of nitrogens with two attached hydrogens (primary N) is 1. The minimum absolute atomic E-state index is 0.182. The third-order valence-corrected chi connectivity index (χ3v) is 7.63. The van der Waals surface area contributed by atoms with E-state index in [1.807, 2.05) is 35.1 Å². The number of carbonyl (C=O) groups excluding carboxylic acids is 1. The molecule has 36 heavy (non-hydrogen) atoms. The Morgan fingerprint density at radius 1 is 1.06 bits per heavy atom. The molecule has 0 spiro atoms. The molecular weight excluding hydrogens is 456 g/mol. The zero-order valence-electron chi connectivity index (χ0n) is 20.7. The highest BCUT2D eigenvalue weighted by molar-refractivity contribution is 5.90. The predicted molar refractivity (Wildman–Crippen MR) is 139 cm³/mol. The molecule has 3 aliphatic rings. The van der Waals surface area contributed by atoms with Gasteiger partial charge in [-0.15, -0.1) is 0 Å². The second kappa shape index (κ2) is 9.67. The molecule has 2 atom stereocenters. The molecule has 2 bridgehead atoms. The van der Waals surface area contributed by atoms with Crippen LogP contribution in [0.3, 0.4) is 0 Å². The standard InChI is InChI=1S/C26H34N8O2/c1-2-34-25-22(13-28-34)24(33-14-20-11-12-21(15-33)36-20)31-23(32-25)16-3-7-18(8-4-16)29-26(35)30-19-9-5-17(27)6-10-19/h3-4,7-8,13,17,19-21H,2,5-6,9-12,14-15,27H2,1H3,(H2,29,30,35)/t17-,19-,20?,21?. The van der Waals surface area contributed by atoms with Crippen molar-refractivity contribution in [3.05, 3.63) is 30.5 Å². The monoisotopic (exact) mass is 490 g/mol. The van der Waals surface area contributed by atoms with E-state index in [0.29, 0.717) is 5.82 Å². The smallest absolute Gasteiger partial charge is 0.319 e. The van der Waals surface area contributed by atoms with Gasteiger partial charge >= 0.3 is 6.03 Å². The Morgan fingerprint density at radius 3 is 2.47 bits per heavy atom. The molecule has 2 unspecified atom stereocenters. The van der Waals surface area contributed by atoms with Crippen molar-refractivity contribution in [1.82, 2.24) is 25.1 Å². The third-order valence-electron chi connectivity index (χ3n) is 7.63. The van der Waals surface area contributed by atoms with Crippen LogP contribution in [-0.2, 0) is 11.3 Å². The van der Waals surface area contributed by atoms with Crippen LogP contribution >= 0.6 is 0 Å². The first-order chi connectivity index (χ1) is 17.6. The van der Waals surface area contributed by atoms with Gasteiger partial charge in [0.1, 0.15) is 5.82 Å². The summed E-state index contributed by atoms with van der Waals surface area (Å²) in [7, 11) is 0. The minimum atomic E-state index is -0.183. The number of hydrogen-bond donors (Lipinski definition) is 3. The second-order valence-electron chi connectivity index (χ2n) is 10.2. The average molecular weight is 491 g/mol. The van der Waals surface area contributed by atoms with Gasteiger partial charge in [0.2, 0.25) is 0 Å². The summed E-state index contributed by atoms with van der Waals surface area (Å²) in [5.41, 5.74) is 8.43. The van der Waals surface area contributed by atoms with Crippen LogP contribution in [0.5, 0.6) is 0 Å². The van der Waals surface area contributed by atoms with Gasteiger partial charge in [0.25, 0.3) is 0 Å². The largest absolute Gasteiger partial charge is 0.371 e. The van der Waals surface area contributed by atoms with Gasteiger partial charge in [0, 0.05) is 43.0 Å². The van der Waals surface area contributed by atoms with E-state index in [2.05, 4.69) is 27.6 Å². The third kappa shape index (κ3) is 4.62. The first kappa shape index (κ1) is 23.2. The van der Waals surface area contributed by atoms with E-state index in [0.717, 1.165) is 86.3 Å². The summed E-state index contributed by atoms with van der Waals surface area (Å²) in [6.45, 7) is 4.48. The maximum Gasteiger partial charge on any atom is 0.319 e. The number of fused-ring (bicyclic) bond motifs is 3. The van der Waals surface area contributed by atoms with Gasteiger partial charge in [-0.05, 0) is 69.7 Å². The summed E-state index contributed by atoms with van der Waals surface area (Å²) < 4.78 is 7.96. The highest BCUT2D eigenvalue weighted by Gasteiger charge is 2.35. The molecule has 2 saturated heterocycles. The Bertz CT molecular complexity index is 1220. The van der Waals surface area contributed by atoms with Crippen LogP contribution in [-0.4, -0.2) is 63.2 Å². The quantitative estimate of drug-likeness (QED) is 0.501. The summed E-state index contributed by atoms with van der Waals surface area (Å²) in [6.07, 6.45) is 8.37. The number of aromatic nitrogens is 4. The second-order valence-corrected chi connectivity index (χ2v) is 10.2. The first-order valence-corrected chi connectivity index (χ1v) is 13.1. The Balaban J connectivity index is 1.22. The first-order valence-electron chi connectivity index (χ1n) is 13.1. The summed E-state index contributed by atoms with van der Waals surface area (Å²) in [5, 5.41) is 11.5. The number of rotatable bonds is 5.